The predicted octanol–water partition coefficient (Wildman–Crippen LogP) is 4.63. The van der Waals surface area contributed by atoms with E-state index in [0.29, 0.717) is 5.82 Å². The number of halogens is 2. The summed E-state index contributed by atoms with van der Waals surface area (Å²) in [6.07, 6.45) is 5.55. The van der Waals surface area contributed by atoms with Crippen molar-refractivity contribution in [1.29, 1.82) is 0 Å². The second kappa shape index (κ2) is 6.62. The molecular weight excluding hydrogens is 352 g/mol. The SMILES string of the molecule is Clc1ncc(Br)c(Nc2ccc(N3CCCCC3)cc2)n1. The summed E-state index contributed by atoms with van der Waals surface area (Å²) in [7, 11) is 0. The number of piperidine rings is 1. The Bertz CT molecular complexity index is 612. The average Bonchev–Trinajstić information content (AvgIpc) is 2.53. The lowest BCUT2D eigenvalue weighted by Gasteiger charge is -2.28. The number of nitrogens with zero attached hydrogens (tertiary/aromatic N) is 3. The molecule has 1 N–H and O–H groups in total. The van der Waals surface area contributed by atoms with Crippen molar-refractivity contribution >= 4 is 44.7 Å². The van der Waals surface area contributed by atoms with Gasteiger partial charge in [0.05, 0.1) is 4.47 Å². The van der Waals surface area contributed by atoms with E-state index in [1.54, 1.807) is 6.20 Å². The third kappa shape index (κ3) is 3.66. The molecule has 3 rings (SSSR count). The minimum atomic E-state index is 0.227. The van der Waals surface area contributed by atoms with Crippen LogP contribution in [0.1, 0.15) is 19.3 Å². The van der Waals surface area contributed by atoms with Gasteiger partial charge in [0.25, 0.3) is 0 Å². The summed E-state index contributed by atoms with van der Waals surface area (Å²) < 4.78 is 0.784. The molecule has 0 spiro atoms. The van der Waals surface area contributed by atoms with Crippen molar-refractivity contribution in [1.82, 2.24) is 9.97 Å². The standard InChI is InChI=1S/C15H16BrClN4/c16-13-10-18-15(17)20-14(13)19-11-4-6-12(7-5-11)21-8-2-1-3-9-21/h4-7,10H,1-3,8-9H2,(H,18,19,20). The Hall–Kier alpha value is -1.33. The molecule has 2 aromatic rings. The molecule has 4 nitrogen and oxygen atoms in total. The second-order valence-corrected chi connectivity index (χ2v) is 6.25. The third-order valence-electron chi connectivity index (χ3n) is 3.57. The van der Waals surface area contributed by atoms with Gasteiger partial charge in [0, 0.05) is 30.7 Å². The number of hydrogen-bond acceptors (Lipinski definition) is 4. The molecule has 0 aliphatic carbocycles. The van der Waals surface area contributed by atoms with Gasteiger partial charge in [-0.2, -0.15) is 4.98 Å². The van der Waals surface area contributed by atoms with E-state index < -0.39 is 0 Å². The number of benzene rings is 1. The maximum Gasteiger partial charge on any atom is 0.224 e. The van der Waals surface area contributed by atoms with Crippen LogP contribution in [0.15, 0.2) is 34.9 Å². The predicted molar refractivity (Wildman–Crippen MR) is 90.5 cm³/mol. The first kappa shape index (κ1) is 14.6. The fourth-order valence-corrected chi connectivity index (χ4v) is 2.90. The molecule has 1 saturated heterocycles. The van der Waals surface area contributed by atoms with Crippen LogP contribution in [0.25, 0.3) is 0 Å². The van der Waals surface area contributed by atoms with Crippen LogP contribution in [0.2, 0.25) is 5.28 Å². The molecule has 0 saturated carbocycles. The molecule has 2 heterocycles. The smallest absolute Gasteiger partial charge is 0.224 e. The zero-order valence-corrected chi connectivity index (χ0v) is 13.9. The highest BCUT2D eigenvalue weighted by Crippen LogP contribution is 2.26. The lowest BCUT2D eigenvalue weighted by atomic mass is 10.1. The highest BCUT2D eigenvalue weighted by molar-refractivity contribution is 9.10. The van der Waals surface area contributed by atoms with Crippen molar-refractivity contribution in [3.8, 4) is 0 Å². The molecule has 0 unspecified atom stereocenters. The summed E-state index contributed by atoms with van der Waals surface area (Å²) in [6, 6.07) is 8.41. The minimum absolute atomic E-state index is 0.227. The van der Waals surface area contributed by atoms with Crippen LogP contribution in [-0.2, 0) is 0 Å². The topological polar surface area (TPSA) is 41.1 Å². The number of anilines is 3. The largest absolute Gasteiger partial charge is 0.372 e. The Morgan fingerprint density at radius 2 is 1.81 bits per heavy atom. The number of rotatable bonds is 3. The van der Waals surface area contributed by atoms with Crippen molar-refractivity contribution in [2.24, 2.45) is 0 Å². The van der Waals surface area contributed by atoms with Crippen LogP contribution in [0.3, 0.4) is 0 Å². The summed E-state index contributed by atoms with van der Waals surface area (Å²) in [4.78, 5) is 10.5. The van der Waals surface area contributed by atoms with Crippen molar-refractivity contribution < 1.29 is 0 Å². The lowest BCUT2D eigenvalue weighted by molar-refractivity contribution is 0.578. The summed E-state index contributed by atoms with van der Waals surface area (Å²) in [6.45, 7) is 2.31. The third-order valence-corrected chi connectivity index (χ3v) is 4.33. The maximum atomic E-state index is 5.82. The van der Waals surface area contributed by atoms with Crippen molar-refractivity contribution in [3.05, 3.63) is 40.2 Å². The van der Waals surface area contributed by atoms with E-state index in [4.69, 9.17) is 11.6 Å². The normalized spacial score (nSPS) is 15.0. The Kier molecular flexibility index (Phi) is 4.60. The molecule has 1 fully saturated rings. The fourth-order valence-electron chi connectivity index (χ4n) is 2.48. The van der Waals surface area contributed by atoms with Gasteiger partial charge in [0.2, 0.25) is 5.28 Å². The lowest BCUT2D eigenvalue weighted by Crippen LogP contribution is -2.29. The maximum absolute atomic E-state index is 5.82. The molecule has 1 aliphatic rings. The summed E-state index contributed by atoms with van der Waals surface area (Å²) >= 11 is 9.23. The first-order valence-electron chi connectivity index (χ1n) is 7.02. The van der Waals surface area contributed by atoms with Gasteiger partial charge in [0.15, 0.2) is 0 Å². The molecule has 110 valence electrons. The van der Waals surface area contributed by atoms with Crippen molar-refractivity contribution in [2.45, 2.75) is 19.3 Å². The monoisotopic (exact) mass is 366 g/mol. The first-order chi connectivity index (χ1) is 10.2. The summed E-state index contributed by atoms with van der Waals surface area (Å²) in [5.41, 5.74) is 2.26. The second-order valence-electron chi connectivity index (χ2n) is 5.06. The Labute approximate surface area is 137 Å². The van der Waals surface area contributed by atoms with Crippen LogP contribution in [0, 0.1) is 0 Å². The van der Waals surface area contributed by atoms with Gasteiger partial charge in [-0.1, -0.05) is 0 Å². The van der Waals surface area contributed by atoms with Crippen LogP contribution >= 0.6 is 27.5 Å². The number of aromatic nitrogens is 2. The van der Waals surface area contributed by atoms with Gasteiger partial charge in [-0.25, -0.2) is 4.98 Å². The van der Waals surface area contributed by atoms with Crippen LogP contribution in [-0.4, -0.2) is 23.1 Å². The first-order valence-corrected chi connectivity index (χ1v) is 8.19. The van der Waals surface area contributed by atoms with E-state index in [9.17, 15) is 0 Å². The quantitative estimate of drug-likeness (QED) is 0.803. The molecule has 1 aromatic carbocycles. The van der Waals surface area contributed by atoms with E-state index in [-0.39, 0.29) is 5.28 Å². The van der Waals surface area contributed by atoms with Crippen molar-refractivity contribution in [2.75, 3.05) is 23.3 Å². The molecular formula is C15H16BrClN4. The Morgan fingerprint density at radius 1 is 1.10 bits per heavy atom. The van der Waals surface area contributed by atoms with Crippen molar-refractivity contribution in [3.63, 3.8) is 0 Å². The van der Waals surface area contributed by atoms with E-state index in [2.05, 4.69) is 60.4 Å². The molecule has 6 heteroatoms. The Balaban J connectivity index is 1.73. The minimum Gasteiger partial charge on any atom is -0.372 e. The zero-order valence-electron chi connectivity index (χ0n) is 11.5. The van der Waals surface area contributed by atoms with Gasteiger partial charge in [-0.3, -0.25) is 0 Å². The average molecular weight is 368 g/mol. The van der Waals surface area contributed by atoms with Gasteiger partial charge in [0.1, 0.15) is 5.82 Å². The highest BCUT2D eigenvalue weighted by Gasteiger charge is 2.11. The van der Waals surface area contributed by atoms with Crippen LogP contribution < -0.4 is 10.2 Å². The molecule has 0 atom stereocenters. The van der Waals surface area contributed by atoms with Gasteiger partial charge in [-0.05, 0) is 71.1 Å². The Morgan fingerprint density at radius 3 is 2.52 bits per heavy atom. The van der Waals surface area contributed by atoms with E-state index >= 15 is 0 Å². The molecule has 1 aromatic heterocycles. The summed E-state index contributed by atoms with van der Waals surface area (Å²) in [5.74, 6) is 0.667. The highest BCUT2D eigenvalue weighted by atomic mass is 79.9. The molecule has 1 aliphatic heterocycles. The molecule has 0 bridgehead atoms. The molecule has 0 radical (unpaired) electrons. The van der Waals surface area contributed by atoms with Gasteiger partial charge in [-0.15, -0.1) is 0 Å². The van der Waals surface area contributed by atoms with E-state index in [1.807, 2.05) is 0 Å². The molecule has 0 amide bonds. The van der Waals surface area contributed by atoms with E-state index in [1.165, 1.54) is 24.9 Å². The number of nitrogens with one attached hydrogen (secondary N) is 1. The zero-order chi connectivity index (χ0) is 14.7. The van der Waals surface area contributed by atoms with Crippen LogP contribution in [0.4, 0.5) is 17.2 Å². The van der Waals surface area contributed by atoms with E-state index in [0.717, 1.165) is 23.2 Å². The fraction of sp³-hybridized carbons (Fsp3) is 0.333. The molecule has 21 heavy (non-hydrogen) atoms. The van der Waals surface area contributed by atoms with Gasteiger partial charge >= 0.3 is 0 Å². The number of hydrogen-bond donors (Lipinski definition) is 1. The summed E-state index contributed by atoms with van der Waals surface area (Å²) in [5, 5.41) is 3.47. The van der Waals surface area contributed by atoms with Gasteiger partial charge < -0.3 is 10.2 Å². The van der Waals surface area contributed by atoms with Crippen LogP contribution in [0.5, 0.6) is 0 Å².